The van der Waals surface area contributed by atoms with Gasteiger partial charge in [0, 0.05) is 11.1 Å². The van der Waals surface area contributed by atoms with Crippen molar-refractivity contribution in [1.82, 2.24) is 4.98 Å². The van der Waals surface area contributed by atoms with Crippen molar-refractivity contribution in [3.8, 4) is 16.9 Å². The zero-order valence-electron chi connectivity index (χ0n) is 8.44. The van der Waals surface area contributed by atoms with Crippen molar-refractivity contribution in [3.05, 3.63) is 42.1 Å². The predicted molar refractivity (Wildman–Crippen MR) is 60.5 cm³/mol. The number of pyridine rings is 1. The van der Waals surface area contributed by atoms with E-state index in [4.69, 9.17) is 5.73 Å². The highest BCUT2D eigenvalue weighted by molar-refractivity contribution is 5.78. The summed E-state index contributed by atoms with van der Waals surface area (Å²) >= 11 is 0. The molecule has 2 aromatic rings. The second-order valence-corrected chi connectivity index (χ2v) is 3.39. The number of nitrogens with two attached hydrogens (primary N) is 1. The van der Waals surface area contributed by atoms with E-state index in [2.05, 4.69) is 4.98 Å². The van der Waals surface area contributed by atoms with E-state index in [0.717, 1.165) is 16.7 Å². The van der Waals surface area contributed by atoms with Crippen LogP contribution in [0.4, 0.5) is 5.82 Å². The number of benzene rings is 1. The molecule has 0 fully saturated rings. The van der Waals surface area contributed by atoms with Crippen molar-refractivity contribution in [2.24, 2.45) is 0 Å². The number of aromatic hydroxyl groups is 1. The van der Waals surface area contributed by atoms with Crippen LogP contribution < -0.4 is 5.73 Å². The number of aromatic nitrogens is 1. The van der Waals surface area contributed by atoms with Gasteiger partial charge >= 0.3 is 0 Å². The van der Waals surface area contributed by atoms with Crippen molar-refractivity contribution in [3.63, 3.8) is 0 Å². The maximum Gasteiger partial charge on any atom is 0.137 e. The standard InChI is InChI=1S/C12H12N2O/c1-8-10(15)7-14-12(13)11(8)9-5-3-2-4-6-9/h2-7,15H,1H3,(H2,13,14). The Hall–Kier alpha value is -2.03. The molecule has 0 amide bonds. The first-order chi connectivity index (χ1) is 7.20. The fourth-order valence-electron chi connectivity index (χ4n) is 1.58. The lowest BCUT2D eigenvalue weighted by molar-refractivity contribution is 0.469. The van der Waals surface area contributed by atoms with E-state index in [1.807, 2.05) is 37.3 Å². The molecule has 0 aliphatic carbocycles. The molecular weight excluding hydrogens is 188 g/mol. The second-order valence-electron chi connectivity index (χ2n) is 3.39. The van der Waals surface area contributed by atoms with Gasteiger partial charge in [0.05, 0.1) is 6.20 Å². The van der Waals surface area contributed by atoms with Gasteiger partial charge in [-0.25, -0.2) is 4.98 Å². The van der Waals surface area contributed by atoms with E-state index in [0.29, 0.717) is 5.82 Å². The van der Waals surface area contributed by atoms with E-state index in [-0.39, 0.29) is 5.75 Å². The number of nitrogen functional groups attached to an aromatic ring is 1. The van der Waals surface area contributed by atoms with Crippen LogP contribution in [0, 0.1) is 6.92 Å². The molecule has 0 radical (unpaired) electrons. The third-order valence-corrected chi connectivity index (χ3v) is 2.40. The lowest BCUT2D eigenvalue weighted by Crippen LogP contribution is -1.96. The van der Waals surface area contributed by atoms with Gasteiger partial charge in [-0.2, -0.15) is 0 Å². The average Bonchev–Trinajstić information content (AvgIpc) is 2.26. The Kier molecular flexibility index (Phi) is 2.29. The van der Waals surface area contributed by atoms with E-state index in [1.165, 1.54) is 6.20 Å². The minimum Gasteiger partial charge on any atom is -0.506 e. The summed E-state index contributed by atoms with van der Waals surface area (Å²) < 4.78 is 0. The Labute approximate surface area is 88.2 Å². The molecule has 3 nitrogen and oxygen atoms in total. The Morgan fingerprint density at radius 3 is 2.53 bits per heavy atom. The van der Waals surface area contributed by atoms with Crippen LogP contribution >= 0.6 is 0 Å². The van der Waals surface area contributed by atoms with Gasteiger partial charge < -0.3 is 10.8 Å². The minimum absolute atomic E-state index is 0.169. The Balaban J connectivity index is 2.68. The molecule has 1 aromatic heterocycles. The topological polar surface area (TPSA) is 59.1 Å². The van der Waals surface area contributed by atoms with E-state index in [1.54, 1.807) is 0 Å². The third kappa shape index (κ3) is 1.64. The highest BCUT2D eigenvalue weighted by atomic mass is 16.3. The zero-order chi connectivity index (χ0) is 10.8. The van der Waals surface area contributed by atoms with E-state index >= 15 is 0 Å². The number of hydrogen-bond donors (Lipinski definition) is 2. The minimum atomic E-state index is 0.169. The maximum atomic E-state index is 9.57. The van der Waals surface area contributed by atoms with Gasteiger partial charge in [0.2, 0.25) is 0 Å². The molecule has 15 heavy (non-hydrogen) atoms. The molecule has 76 valence electrons. The van der Waals surface area contributed by atoms with Gasteiger partial charge in [-0.05, 0) is 12.5 Å². The SMILES string of the molecule is Cc1c(O)cnc(N)c1-c1ccccc1. The first kappa shape index (κ1) is 9.52. The number of rotatable bonds is 1. The summed E-state index contributed by atoms with van der Waals surface area (Å²) in [6.07, 6.45) is 1.37. The van der Waals surface area contributed by atoms with Crippen LogP contribution in [-0.4, -0.2) is 10.1 Å². The molecule has 2 rings (SSSR count). The molecule has 1 aromatic carbocycles. The Morgan fingerprint density at radius 2 is 1.87 bits per heavy atom. The lowest BCUT2D eigenvalue weighted by Gasteiger charge is -2.09. The summed E-state index contributed by atoms with van der Waals surface area (Å²) in [6.45, 7) is 1.83. The van der Waals surface area contributed by atoms with Crippen molar-refractivity contribution in [2.45, 2.75) is 6.92 Å². The van der Waals surface area contributed by atoms with Crippen LogP contribution in [0.3, 0.4) is 0 Å². The first-order valence-electron chi connectivity index (χ1n) is 4.69. The molecule has 3 heteroatoms. The van der Waals surface area contributed by atoms with Crippen LogP contribution in [-0.2, 0) is 0 Å². The molecule has 0 aliphatic rings. The Bertz CT molecular complexity index is 480. The monoisotopic (exact) mass is 200 g/mol. The first-order valence-corrected chi connectivity index (χ1v) is 4.69. The smallest absolute Gasteiger partial charge is 0.137 e. The molecule has 3 N–H and O–H groups in total. The van der Waals surface area contributed by atoms with Crippen LogP contribution in [0.1, 0.15) is 5.56 Å². The summed E-state index contributed by atoms with van der Waals surface area (Å²) in [6, 6.07) is 9.68. The molecule has 0 atom stereocenters. The molecule has 1 heterocycles. The Morgan fingerprint density at radius 1 is 1.20 bits per heavy atom. The molecular formula is C12H12N2O. The zero-order valence-corrected chi connectivity index (χ0v) is 8.44. The van der Waals surface area contributed by atoms with Gasteiger partial charge in [0.15, 0.2) is 0 Å². The van der Waals surface area contributed by atoms with Crippen LogP contribution in [0.25, 0.3) is 11.1 Å². The number of nitrogens with zero attached hydrogens (tertiary/aromatic N) is 1. The second kappa shape index (κ2) is 3.61. The maximum absolute atomic E-state index is 9.57. The van der Waals surface area contributed by atoms with Gasteiger partial charge in [-0.1, -0.05) is 30.3 Å². The van der Waals surface area contributed by atoms with Gasteiger partial charge in [-0.3, -0.25) is 0 Å². The summed E-state index contributed by atoms with van der Waals surface area (Å²) in [5.74, 6) is 0.611. The van der Waals surface area contributed by atoms with Crippen molar-refractivity contribution in [2.75, 3.05) is 5.73 Å². The van der Waals surface area contributed by atoms with Gasteiger partial charge in [-0.15, -0.1) is 0 Å². The summed E-state index contributed by atoms with van der Waals surface area (Å²) in [5, 5.41) is 9.57. The summed E-state index contributed by atoms with van der Waals surface area (Å²) in [4.78, 5) is 3.94. The highest BCUT2D eigenvalue weighted by Gasteiger charge is 2.10. The van der Waals surface area contributed by atoms with E-state index < -0.39 is 0 Å². The third-order valence-electron chi connectivity index (χ3n) is 2.40. The quantitative estimate of drug-likeness (QED) is 0.742. The van der Waals surface area contributed by atoms with Gasteiger partial charge in [0.25, 0.3) is 0 Å². The van der Waals surface area contributed by atoms with E-state index in [9.17, 15) is 5.11 Å². The van der Waals surface area contributed by atoms with Crippen molar-refractivity contribution >= 4 is 5.82 Å². The number of anilines is 1. The van der Waals surface area contributed by atoms with Crippen LogP contribution in [0.2, 0.25) is 0 Å². The largest absolute Gasteiger partial charge is 0.506 e. The molecule has 0 spiro atoms. The highest BCUT2D eigenvalue weighted by Crippen LogP contribution is 2.32. The van der Waals surface area contributed by atoms with Crippen molar-refractivity contribution in [1.29, 1.82) is 0 Å². The summed E-state index contributed by atoms with van der Waals surface area (Å²) in [7, 11) is 0. The fourth-order valence-corrected chi connectivity index (χ4v) is 1.58. The van der Waals surface area contributed by atoms with Crippen molar-refractivity contribution < 1.29 is 5.11 Å². The van der Waals surface area contributed by atoms with Crippen LogP contribution in [0.5, 0.6) is 5.75 Å². The predicted octanol–water partition coefficient (Wildman–Crippen LogP) is 2.34. The normalized spacial score (nSPS) is 10.2. The fraction of sp³-hybridized carbons (Fsp3) is 0.0833. The van der Waals surface area contributed by atoms with Gasteiger partial charge in [0.1, 0.15) is 11.6 Å². The molecule has 0 unspecified atom stereocenters. The average molecular weight is 200 g/mol. The lowest BCUT2D eigenvalue weighted by atomic mass is 10.0. The molecule has 0 saturated heterocycles. The molecule has 0 aliphatic heterocycles. The molecule has 0 saturated carbocycles. The summed E-state index contributed by atoms with van der Waals surface area (Å²) in [5.41, 5.74) is 8.33. The number of hydrogen-bond acceptors (Lipinski definition) is 3. The van der Waals surface area contributed by atoms with Crippen LogP contribution in [0.15, 0.2) is 36.5 Å². The molecule has 0 bridgehead atoms.